The molecule has 3 heterocycles. The molecule has 0 radical (unpaired) electrons. The van der Waals surface area contributed by atoms with E-state index in [4.69, 9.17) is 15.2 Å². The first kappa shape index (κ1) is 20.0. The molecule has 1 aliphatic heterocycles. The number of aryl methyl sites for hydroxylation is 1. The second kappa shape index (κ2) is 8.61. The SMILES string of the molecule is CCNC(=O)CCn1c(Sc2cc3c(cc2I)OCCO3)nc2c(N)ncnc21. The number of imidazole rings is 1. The van der Waals surface area contributed by atoms with Gasteiger partial charge in [-0.25, -0.2) is 15.0 Å². The van der Waals surface area contributed by atoms with Crippen molar-refractivity contribution >= 4 is 57.2 Å². The number of aromatic nitrogens is 4. The molecule has 4 rings (SSSR count). The Bertz CT molecular complexity index is 1070. The number of fused-ring (bicyclic) bond motifs is 2. The summed E-state index contributed by atoms with van der Waals surface area (Å²) in [5.41, 5.74) is 7.14. The summed E-state index contributed by atoms with van der Waals surface area (Å²) in [6.45, 7) is 3.99. The zero-order valence-corrected chi connectivity index (χ0v) is 18.6. The normalized spacial score (nSPS) is 12.9. The van der Waals surface area contributed by atoms with Crippen molar-refractivity contribution in [2.75, 3.05) is 25.5 Å². The van der Waals surface area contributed by atoms with Crippen LogP contribution in [0.5, 0.6) is 11.5 Å². The molecule has 1 aromatic carbocycles. The Kier molecular flexibility index (Phi) is 5.94. The van der Waals surface area contributed by atoms with Gasteiger partial charge in [0.05, 0.1) is 0 Å². The van der Waals surface area contributed by atoms with Crippen molar-refractivity contribution in [1.82, 2.24) is 24.8 Å². The molecule has 1 amide bonds. The van der Waals surface area contributed by atoms with E-state index >= 15 is 0 Å². The van der Waals surface area contributed by atoms with E-state index in [1.807, 2.05) is 23.6 Å². The molecule has 9 nitrogen and oxygen atoms in total. The Labute approximate surface area is 184 Å². The van der Waals surface area contributed by atoms with Crippen LogP contribution in [0.3, 0.4) is 0 Å². The summed E-state index contributed by atoms with van der Waals surface area (Å²) in [7, 11) is 0. The van der Waals surface area contributed by atoms with Crippen LogP contribution in [0.1, 0.15) is 13.3 Å². The fourth-order valence-corrected chi connectivity index (χ4v) is 4.65. The van der Waals surface area contributed by atoms with E-state index in [1.165, 1.54) is 18.1 Å². The van der Waals surface area contributed by atoms with Gasteiger partial charge in [-0.05, 0) is 41.6 Å². The van der Waals surface area contributed by atoms with Crippen LogP contribution in [0.4, 0.5) is 5.82 Å². The number of benzene rings is 1. The predicted octanol–water partition coefficient (Wildman–Crippen LogP) is 2.46. The number of hydrogen-bond donors (Lipinski definition) is 2. The monoisotopic (exact) mass is 526 g/mol. The number of nitrogen functional groups attached to an aromatic ring is 1. The fraction of sp³-hybridized carbons (Fsp3) is 0.333. The minimum atomic E-state index is -0.0266. The lowest BCUT2D eigenvalue weighted by Gasteiger charge is -2.19. The number of halogens is 1. The van der Waals surface area contributed by atoms with Gasteiger partial charge in [-0.1, -0.05) is 11.8 Å². The van der Waals surface area contributed by atoms with Gasteiger partial charge in [0.2, 0.25) is 5.91 Å². The number of hydrogen-bond acceptors (Lipinski definition) is 8. The third kappa shape index (κ3) is 4.20. The van der Waals surface area contributed by atoms with Crippen LogP contribution in [-0.2, 0) is 11.3 Å². The lowest BCUT2D eigenvalue weighted by Crippen LogP contribution is -2.24. The van der Waals surface area contributed by atoms with Crippen LogP contribution in [0.2, 0.25) is 0 Å². The first-order chi connectivity index (χ1) is 14.1. The van der Waals surface area contributed by atoms with Crippen molar-refractivity contribution in [3.63, 3.8) is 0 Å². The number of carbonyl (C=O) groups is 1. The molecule has 152 valence electrons. The highest BCUT2D eigenvalue weighted by Crippen LogP contribution is 2.40. The van der Waals surface area contributed by atoms with E-state index in [9.17, 15) is 4.79 Å². The minimum absolute atomic E-state index is 0.0266. The maximum absolute atomic E-state index is 12.0. The molecule has 0 saturated carbocycles. The highest BCUT2D eigenvalue weighted by molar-refractivity contribution is 14.1. The number of amides is 1. The number of nitrogens with two attached hydrogens (primary N) is 1. The van der Waals surface area contributed by atoms with Crippen LogP contribution in [-0.4, -0.2) is 45.2 Å². The van der Waals surface area contributed by atoms with Crippen LogP contribution in [0.15, 0.2) is 28.5 Å². The van der Waals surface area contributed by atoms with Gasteiger partial charge in [0, 0.05) is 28.0 Å². The number of anilines is 1. The molecule has 1 aliphatic rings. The van der Waals surface area contributed by atoms with E-state index in [0.717, 1.165) is 14.2 Å². The molecule has 3 N–H and O–H groups in total. The molecule has 0 atom stereocenters. The molecule has 2 aromatic heterocycles. The van der Waals surface area contributed by atoms with Crippen molar-refractivity contribution in [3.05, 3.63) is 22.0 Å². The van der Waals surface area contributed by atoms with Crippen molar-refractivity contribution in [1.29, 1.82) is 0 Å². The molecule has 0 saturated heterocycles. The van der Waals surface area contributed by atoms with Crippen molar-refractivity contribution < 1.29 is 14.3 Å². The Morgan fingerprint density at radius 3 is 2.83 bits per heavy atom. The first-order valence-electron chi connectivity index (χ1n) is 9.07. The van der Waals surface area contributed by atoms with Crippen LogP contribution < -0.4 is 20.5 Å². The average molecular weight is 526 g/mol. The topological polar surface area (TPSA) is 117 Å². The second-order valence-electron chi connectivity index (χ2n) is 6.21. The molecule has 0 fully saturated rings. The number of carbonyl (C=O) groups excluding carboxylic acids is 1. The summed E-state index contributed by atoms with van der Waals surface area (Å²) < 4.78 is 14.3. The van der Waals surface area contributed by atoms with E-state index in [2.05, 4.69) is 42.9 Å². The highest BCUT2D eigenvalue weighted by Gasteiger charge is 2.20. The van der Waals surface area contributed by atoms with Gasteiger partial charge >= 0.3 is 0 Å². The van der Waals surface area contributed by atoms with Crippen LogP contribution in [0.25, 0.3) is 11.2 Å². The largest absolute Gasteiger partial charge is 0.486 e. The van der Waals surface area contributed by atoms with E-state index in [-0.39, 0.29) is 5.91 Å². The number of ether oxygens (including phenoxy) is 2. The van der Waals surface area contributed by atoms with Gasteiger partial charge in [-0.15, -0.1) is 0 Å². The third-order valence-corrected chi connectivity index (χ3v) is 6.57. The third-order valence-electron chi connectivity index (χ3n) is 4.26. The summed E-state index contributed by atoms with van der Waals surface area (Å²) in [4.78, 5) is 26.0. The minimum Gasteiger partial charge on any atom is -0.486 e. The van der Waals surface area contributed by atoms with E-state index in [0.29, 0.717) is 60.6 Å². The second-order valence-corrected chi connectivity index (χ2v) is 8.38. The smallest absolute Gasteiger partial charge is 0.221 e. The maximum Gasteiger partial charge on any atom is 0.221 e. The van der Waals surface area contributed by atoms with Gasteiger partial charge < -0.3 is 25.1 Å². The summed E-state index contributed by atoms with van der Waals surface area (Å²) >= 11 is 3.73. The van der Waals surface area contributed by atoms with E-state index in [1.54, 1.807) is 0 Å². The molecule has 0 aliphatic carbocycles. The van der Waals surface area contributed by atoms with Gasteiger partial charge in [0.15, 0.2) is 33.6 Å². The Morgan fingerprint density at radius 2 is 2.07 bits per heavy atom. The number of nitrogens with one attached hydrogen (secondary N) is 1. The summed E-state index contributed by atoms with van der Waals surface area (Å²) in [6, 6.07) is 3.90. The van der Waals surface area contributed by atoms with Crippen molar-refractivity contribution in [2.24, 2.45) is 0 Å². The molecule has 11 heteroatoms. The fourth-order valence-electron chi connectivity index (χ4n) is 2.93. The zero-order valence-electron chi connectivity index (χ0n) is 15.6. The lowest BCUT2D eigenvalue weighted by atomic mass is 10.3. The lowest BCUT2D eigenvalue weighted by molar-refractivity contribution is -0.121. The maximum atomic E-state index is 12.0. The predicted molar refractivity (Wildman–Crippen MR) is 117 cm³/mol. The standard InChI is InChI=1S/C18H19IN6O3S/c1-2-21-14(26)3-4-25-17-15(16(20)22-9-23-17)24-18(25)29-13-8-12-11(7-10(13)19)27-5-6-28-12/h7-9H,2-6H2,1H3,(H,21,26)(H2,20,22,23). The van der Waals surface area contributed by atoms with Gasteiger partial charge in [0.1, 0.15) is 19.5 Å². The van der Waals surface area contributed by atoms with Gasteiger partial charge in [0.25, 0.3) is 0 Å². The highest BCUT2D eigenvalue weighted by atomic mass is 127. The number of nitrogens with zero attached hydrogens (tertiary/aromatic N) is 4. The van der Waals surface area contributed by atoms with Gasteiger partial charge in [-0.3, -0.25) is 4.79 Å². The molecule has 0 unspecified atom stereocenters. The van der Waals surface area contributed by atoms with Gasteiger partial charge in [-0.2, -0.15) is 0 Å². The quantitative estimate of drug-likeness (QED) is 0.471. The van der Waals surface area contributed by atoms with E-state index < -0.39 is 0 Å². The Balaban J connectivity index is 1.70. The zero-order chi connectivity index (χ0) is 20.4. The summed E-state index contributed by atoms with van der Waals surface area (Å²) in [6.07, 6.45) is 1.72. The molecular weight excluding hydrogens is 507 g/mol. The van der Waals surface area contributed by atoms with Crippen molar-refractivity contribution in [2.45, 2.75) is 29.9 Å². The summed E-state index contributed by atoms with van der Waals surface area (Å²) in [5, 5.41) is 3.50. The molecule has 29 heavy (non-hydrogen) atoms. The van der Waals surface area contributed by atoms with Crippen LogP contribution >= 0.6 is 34.4 Å². The summed E-state index contributed by atoms with van der Waals surface area (Å²) in [5.74, 6) is 1.74. The molecule has 0 bridgehead atoms. The molecular formula is C18H19IN6O3S. The average Bonchev–Trinajstić information content (AvgIpc) is 3.06. The Morgan fingerprint density at radius 1 is 1.31 bits per heavy atom. The number of rotatable bonds is 6. The molecule has 0 spiro atoms. The first-order valence-corrected chi connectivity index (χ1v) is 11.0. The molecule has 3 aromatic rings. The van der Waals surface area contributed by atoms with Crippen molar-refractivity contribution in [3.8, 4) is 11.5 Å². The van der Waals surface area contributed by atoms with Crippen LogP contribution in [0, 0.1) is 3.57 Å². The Hall–Kier alpha value is -2.28.